The maximum Gasteiger partial charge on any atom is 0.416 e. The second-order valence-corrected chi connectivity index (χ2v) is 9.44. The Morgan fingerprint density at radius 2 is 1.85 bits per heavy atom. The number of carbonyl (C=O) groups excluding carboxylic acids is 2. The summed E-state index contributed by atoms with van der Waals surface area (Å²) in [5.74, 6) is -1.59. The number of carbonyl (C=O) groups is 2. The van der Waals surface area contributed by atoms with Gasteiger partial charge in [-0.3, -0.25) is 9.80 Å². The van der Waals surface area contributed by atoms with E-state index >= 15 is 0 Å². The molecule has 5 N–H and O–H groups in total. The van der Waals surface area contributed by atoms with E-state index in [9.17, 15) is 27.2 Å². The number of nitrogens with one attached hydrogen (secondary N) is 3. The molecule has 0 saturated heterocycles. The summed E-state index contributed by atoms with van der Waals surface area (Å²) in [5, 5.41) is 13.3. The highest BCUT2D eigenvalue weighted by atomic mass is 19.4. The van der Waals surface area contributed by atoms with E-state index in [1.807, 2.05) is 19.0 Å². The van der Waals surface area contributed by atoms with E-state index in [4.69, 9.17) is 5.73 Å². The molecule has 4 rings (SSSR count). The zero-order valence-electron chi connectivity index (χ0n) is 21.7. The van der Waals surface area contributed by atoms with Crippen molar-refractivity contribution in [2.75, 3.05) is 44.4 Å². The molecular weight excluding hydrogens is 532 g/mol. The average molecular weight is 561 g/mol. The predicted molar refractivity (Wildman–Crippen MR) is 144 cm³/mol. The van der Waals surface area contributed by atoms with Crippen LogP contribution in [0.2, 0.25) is 0 Å². The van der Waals surface area contributed by atoms with E-state index < -0.39 is 35.2 Å². The number of anilines is 2. The average Bonchev–Trinajstić information content (AvgIpc) is 3.28. The summed E-state index contributed by atoms with van der Waals surface area (Å²) in [5.41, 5.74) is 6.47. The van der Waals surface area contributed by atoms with Gasteiger partial charge in [0.2, 0.25) is 5.91 Å². The molecule has 0 spiro atoms. The van der Waals surface area contributed by atoms with E-state index in [0.29, 0.717) is 41.6 Å². The monoisotopic (exact) mass is 560 g/mol. The number of fused-ring (bicyclic) bond motifs is 1. The van der Waals surface area contributed by atoms with E-state index in [2.05, 4.69) is 26.0 Å². The first kappa shape index (κ1) is 28.5. The summed E-state index contributed by atoms with van der Waals surface area (Å²) < 4.78 is 52.9. The Balaban J connectivity index is 1.50. The summed E-state index contributed by atoms with van der Waals surface area (Å²) >= 11 is 0. The van der Waals surface area contributed by atoms with Crippen LogP contribution < -0.4 is 21.7 Å². The van der Waals surface area contributed by atoms with E-state index in [1.54, 1.807) is 29.3 Å². The van der Waals surface area contributed by atoms with Crippen LogP contribution in [0.3, 0.4) is 0 Å². The van der Waals surface area contributed by atoms with Crippen LogP contribution in [0.25, 0.3) is 5.57 Å². The molecule has 0 bridgehead atoms. The van der Waals surface area contributed by atoms with Crippen molar-refractivity contribution in [1.29, 1.82) is 0 Å². The second kappa shape index (κ2) is 11.7. The zero-order chi connectivity index (χ0) is 29.0. The maximum atomic E-state index is 14.0. The topological polar surface area (TPSA) is 127 Å². The van der Waals surface area contributed by atoms with Gasteiger partial charge in [0.05, 0.1) is 23.7 Å². The second-order valence-electron chi connectivity index (χ2n) is 9.44. The van der Waals surface area contributed by atoms with Gasteiger partial charge in [0.1, 0.15) is 17.9 Å². The minimum Gasteiger partial charge on any atom is -0.382 e. The third-order valence-corrected chi connectivity index (χ3v) is 6.24. The van der Waals surface area contributed by atoms with Gasteiger partial charge in [-0.2, -0.15) is 18.3 Å². The van der Waals surface area contributed by atoms with Gasteiger partial charge >= 0.3 is 12.2 Å². The van der Waals surface area contributed by atoms with Gasteiger partial charge in [-0.25, -0.2) is 14.2 Å². The number of rotatable bonds is 8. The number of amides is 3. The Morgan fingerprint density at radius 1 is 1.12 bits per heavy atom. The molecule has 0 aromatic heterocycles. The molecular formula is C26H28F4N8O2. The fraction of sp³-hybridized carbons (Fsp3) is 0.308. The number of urea groups is 1. The highest BCUT2D eigenvalue weighted by Gasteiger charge is 2.39. The van der Waals surface area contributed by atoms with Crippen molar-refractivity contribution in [3.63, 3.8) is 0 Å². The summed E-state index contributed by atoms with van der Waals surface area (Å²) in [4.78, 5) is 31.6. The van der Waals surface area contributed by atoms with E-state index in [0.717, 1.165) is 13.0 Å². The molecule has 10 nitrogen and oxygen atoms in total. The van der Waals surface area contributed by atoms with Crippen molar-refractivity contribution < 1.29 is 27.2 Å². The number of hydrogen-bond acceptors (Lipinski definition) is 7. The molecule has 0 aliphatic carbocycles. The lowest BCUT2D eigenvalue weighted by Gasteiger charge is -2.18. The Morgan fingerprint density at radius 3 is 2.52 bits per heavy atom. The van der Waals surface area contributed by atoms with Crippen LogP contribution in [0, 0.1) is 11.7 Å². The Hall–Kier alpha value is -4.46. The van der Waals surface area contributed by atoms with Crippen LogP contribution in [0.5, 0.6) is 0 Å². The molecule has 1 atom stereocenters. The van der Waals surface area contributed by atoms with Crippen LogP contribution in [0.4, 0.5) is 33.7 Å². The number of aliphatic imine (C=N–C) groups is 1. The number of hydrazone groups is 1. The van der Waals surface area contributed by atoms with Crippen molar-refractivity contribution in [1.82, 2.24) is 15.2 Å². The highest BCUT2D eigenvalue weighted by Crippen LogP contribution is 2.38. The Bertz CT molecular complexity index is 1370. The molecule has 2 aliphatic heterocycles. The molecule has 212 valence electrons. The normalized spacial score (nSPS) is 16.6. The molecule has 2 heterocycles. The van der Waals surface area contributed by atoms with Crippen molar-refractivity contribution >= 4 is 41.1 Å². The summed E-state index contributed by atoms with van der Waals surface area (Å²) in [7, 11) is 3.90. The number of hydrogen-bond donors (Lipinski definition) is 4. The standard InChI is InChI=1S/C26H28F4N8O2/c1-37(2)11-3-10-32-24(39)18-13-38-22(23(31)33-14-34-38)21(18)15-4-7-17(8-5-15)35-25(40)36-20-12-16(26(28,29)30)6-9-19(20)27/h4-9,12,14,18H,3,10-11,13H2,1-2H3,(H,32,39)(H2,31,33,34)(H2,35,36,40). The summed E-state index contributed by atoms with van der Waals surface area (Å²) in [6.45, 7) is 1.58. The van der Waals surface area contributed by atoms with Gasteiger partial charge in [0, 0.05) is 17.8 Å². The molecule has 1 unspecified atom stereocenters. The Labute approximate surface area is 227 Å². The number of benzene rings is 2. The zero-order valence-corrected chi connectivity index (χ0v) is 21.7. The number of alkyl halides is 3. The third kappa shape index (κ3) is 6.57. The first-order chi connectivity index (χ1) is 18.9. The molecule has 40 heavy (non-hydrogen) atoms. The van der Waals surface area contributed by atoms with Crippen LogP contribution in [-0.2, 0) is 11.0 Å². The molecule has 3 amide bonds. The molecule has 2 aromatic rings. The largest absolute Gasteiger partial charge is 0.416 e. The molecule has 14 heteroatoms. The molecule has 2 aliphatic rings. The fourth-order valence-electron chi connectivity index (χ4n) is 4.34. The molecule has 0 radical (unpaired) electrons. The maximum absolute atomic E-state index is 14.0. The van der Waals surface area contributed by atoms with Crippen LogP contribution in [-0.4, -0.2) is 67.8 Å². The number of nitrogens with two attached hydrogens (primary N) is 1. The van der Waals surface area contributed by atoms with Crippen LogP contribution in [0.1, 0.15) is 17.5 Å². The number of amidine groups is 1. The van der Waals surface area contributed by atoms with Gasteiger partial charge in [0.15, 0.2) is 5.84 Å². The number of halogens is 4. The van der Waals surface area contributed by atoms with E-state index in [-0.39, 0.29) is 24.0 Å². The van der Waals surface area contributed by atoms with Gasteiger partial charge in [-0.05, 0) is 63.0 Å². The van der Waals surface area contributed by atoms with Gasteiger partial charge in [-0.1, -0.05) is 12.1 Å². The van der Waals surface area contributed by atoms with Gasteiger partial charge < -0.3 is 26.6 Å². The first-order valence-electron chi connectivity index (χ1n) is 12.3. The van der Waals surface area contributed by atoms with Crippen LogP contribution in [0.15, 0.2) is 58.3 Å². The number of nitrogens with zero attached hydrogens (tertiary/aromatic N) is 4. The predicted octanol–water partition coefficient (Wildman–Crippen LogP) is 3.51. The summed E-state index contributed by atoms with van der Waals surface area (Å²) in [6.07, 6.45) is -2.61. The molecule has 0 saturated carbocycles. The lowest BCUT2D eigenvalue weighted by Crippen LogP contribution is -2.35. The van der Waals surface area contributed by atoms with Crippen molar-refractivity contribution in [3.05, 3.63) is 65.1 Å². The fourth-order valence-corrected chi connectivity index (χ4v) is 4.34. The quantitative estimate of drug-likeness (QED) is 0.290. The minimum absolute atomic E-state index is 0.191. The van der Waals surface area contributed by atoms with Crippen molar-refractivity contribution in [3.8, 4) is 0 Å². The van der Waals surface area contributed by atoms with Gasteiger partial charge in [0.25, 0.3) is 0 Å². The SMILES string of the molecule is CN(C)CCCNC(=O)C1CN2N=CN=C(N)C2=C1c1ccc(NC(=O)Nc2cc(C(F)(F)F)ccc2F)cc1. The first-order valence-corrected chi connectivity index (χ1v) is 12.3. The van der Waals surface area contributed by atoms with Gasteiger partial charge in [-0.15, -0.1) is 0 Å². The smallest absolute Gasteiger partial charge is 0.382 e. The summed E-state index contributed by atoms with van der Waals surface area (Å²) in [6, 6.07) is 7.19. The molecule has 2 aromatic carbocycles. The minimum atomic E-state index is -4.69. The van der Waals surface area contributed by atoms with E-state index in [1.165, 1.54) is 6.34 Å². The van der Waals surface area contributed by atoms with Crippen molar-refractivity contribution in [2.45, 2.75) is 12.6 Å². The Kier molecular flexibility index (Phi) is 8.38. The van der Waals surface area contributed by atoms with Crippen molar-refractivity contribution in [2.24, 2.45) is 21.7 Å². The molecule has 0 fully saturated rings. The highest BCUT2D eigenvalue weighted by molar-refractivity contribution is 6.11. The third-order valence-electron chi connectivity index (χ3n) is 6.24. The lowest BCUT2D eigenvalue weighted by atomic mass is 9.92. The lowest BCUT2D eigenvalue weighted by molar-refractivity contribution is -0.137. The van der Waals surface area contributed by atoms with Crippen LogP contribution >= 0.6 is 0 Å².